The zero-order valence-corrected chi connectivity index (χ0v) is 9.34. The van der Waals surface area contributed by atoms with Gasteiger partial charge in [-0.3, -0.25) is 4.57 Å². The van der Waals surface area contributed by atoms with E-state index in [-0.39, 0.29) is 6.04 Å². The van der Waals surface area contributed by atoms with E-state index in [2.05, 4.69) is 10.2 Å². The number of hydrogen-bond acceptors (Lipinski definition) is 4. The normalized spacial score (nSPS) is 12.9. The van der Waals surface area contributed by atoms with Crippen LogP contribution in [-0.2, 0) is 0 Å². The van der Waals surface area contributed by atoms with Crippen molar-refractivity contribution in [1.82, 2.24) is 14.8 Å². The number of nitrogens with zero attached hydrogens (tertiary/aromatic N) is 2. The maximum absolute atomic E-state index is 5.70. The van der Waals surface area contributed by atoms with Crippen LogP contribution in [0.4, 0.5) is 5.95 Å². The summed E-state index contributed by atoms with van der Waals surface area (Å²) in [5.74, 6) is 2.05. The molecule has 1 atom stereocenters. The maximum Gasteiger partial charge on any atom is 0.221 e. The van der Waals surface area contributed by atoms with Crippen LogP contribution < -0.4 is 5.73 Å². The quantitative estimate of drug-likeness (QED) is 0.765. The summed E-state index contributed by atoms with van der Waals surface area (Å²) in [6.07, 6.45) is 0. The molecule has 1 unspecified atom stereocenters. The highest BCUT2D eigenvalue weighted by atomic mass is 32.1. The molecule has 0 saturated heterocycles. The summed E-state index contributed by atoms with van der Waals surface area (Å²) in [4.78, 5) is 0. The highest BCUT2D eigenvalue weighted by molar-refractivity contribution is 7.71. The van der Waals surface area contributed by atoms with E-state index >= 15 is 0 Å². The van der Waals surface area contributed by atoms with Crippen LogP contribution in [0.15, 0.2) is 16.5 Å². The Bertz CT molecular complexity index is 524. The van der Waals surface area contributed by atoms with Gasteiger partial charge in [-0.15, -0.1) is 5.10 Å². The van der Waals surface area contributed by atoms with E-state index in [9.17, 15) is 0 Å². The lowest BCUT2D eigenvalue weighted by Gasteiger charge is -2.10. The second kappa shape index (κ2) is 3.54. The summed E-state index contributed by atoms with van der Waals surface area (Å²) >= 11 is 5.08. The SMILES string of the molecule is Cc1ccc(C(C)n2c(N)n[nH]c2=S)o1. The van der Waals surface area contributed by atoms with Crippen LogP contribution in [0.25, 0.3) is 0 Å². The second-order valence-corrected chi connectivity index (χ2v) is 3.77. The Morgan fingerprint density at radius 3 is 2.80 bits per heavy atom. The third kappa shape index (κ3) is 1.68. The van der Waals surface area contributed by atoms with Gasteiger partial charge in [0.15, 0.2) is 4.77 Å². The number of H-pyrrole nitrogens is 1. The number of aryl methyl sites for hydroxylation is 1. The topological polar surface area (TPSA) is 72.8 Å². The van der Waals surface area contributed by atoms with Gasteiger partial charge in [-0.25, -0.2) is 5.10 Å². The number of hydrogen-bond donors (Lipinski definition) is 2. The Balaban J connectivity index is 2.44. The van der Waals surface area contributed by atoms with E-state index in [0.29, 0.717) is 10.7 Å². The number of anilines is 1. The lowest BCUT2D eigenvalue weighted by Crippen LogP contribution is -2.09. The molecule has 2 heterocycles. The molecular weight excluding hydrogens is 212 g/mol. The fraction of sp³-hybridized carbons (Fsp3) is 0.333. The molecule has 0 aromatic carbocycles. The first-order valence-corrected chi connectivity index (χ1v) is 4.99. The van der Waals surface area contributed by atoms with Crippen LogP contribution >= 0.6 is 12.2 Å². The molecule has 0 fully saturated rings. The standard InChI is InChI=1S/C9H12N4OS/c1-5-3-4-7(14-5)6(2)13-8(10)11-12-9(13)15/h3-4,6H,1-2H3,(H2,10,11)(H,12,15). The van der Waals surface area contributed by atoms with Crippen LogP contribution in [-0.4, -0.2) is 14.8 Å². The van der Waals surface area contributed by atoms with E-state index in [1.165, 1.54) is 0 Å². The predicted octanol–water partition coefficient (Wildman–Crippen LogP) is 2.03. The van der Waals surface area contributed by atoms with Crippen LogP contribution in [0.2, 0.25) is 0 Å². The van der Waals surface area contributed by atoms with Crippen molar-refractivity contribution in [2.24, 2.45) is 0 Å². The van der Waals surface area contributed by atoms with Crippen LogP contribution in [0.3, 0.4) is 0 Å². The second-order valence-electron chi connectivity index (χ2n) is 3.38. The lowest BCUT2D eigenvalue weighted by atomic mass is 10.2. The Morgan fingerprint density at radius 2 is 2.33 bits per heavy atom. The molecular formula is C9H12N4OS. The fourth-order valence-electron chi connectivity index (χ4n) is 1.50. The van der Waals surface area contributed by atoms with Gasteiger partial charge in [-0.05, 0) is 38.2 Å². The van der Waals surface area contributed by atoms with E-state index in [1.807, 2.05) is 26.0 Å². The Morgan fingerprint density at radius 1 is 1.60 bits per heavy atom. The van der Waals surface area contributed by atoms with Gasteiger partial charge < -0.3 is 10.2 Å². The van der Waals surface area contributed by atoms with Crippen molar-refractivity contribution in [2.45, 2.75) is 19.9 Å². The number of aromatic amines is 1. The molecule has 0 aliphatic carbocycles. The molecule has 0 aliphatic heterocycles. The largest absolute Gasteiger partial charge is 0.464 e. The zero-order valence-electron chi connectivity index (χ0n) is 8.52. The Kier molecular flexibility index (Phi) is 2.36. The minimum atomic E-state index is -0.0510. The Hall–Kier alpha value is -1.56. The van der Waals surface area contributed by atoms with E-state index in [1.54, 1.807) is 4.57 Å². The minimum absolute atomic E-state index is 0.0510. The average molecular weight is 224 g/mol. The van der Waals surface area contributed by atoms with E-state index < -0.39 is 0 Å². The summed E-state index contributed by atoms with van der Waals surface area (Å²) in [7, 11) is 0. The van der Waals surface area contributed by atoms with Crippen molar-refractivity contribution < 1.29 is 4.42 Å². The van der Waals surface area contributed by atoms with Gasteiger partial charge in [-0.1, -0.05) is 0 Å². The third-order valence-corrected chi connectivity index (χ3v) is 2.58. The molecule has 0 spiro atoms. The molecule has 2 aromatic rings. The predicted molar refractivity (Wildman–Crippen MR) is 59.1 cm³/mol. The van der Waals surface area contributed by atoms with E-state index in [4.69, 9.17) is 22.4 Å². The van der Waals surface area contributed by atoms with Crippen molar-refractivity contribution in [1.29, 1.82) is 0 Å². The Labute approximate surface area is 91.9 Å². The van der Waals surface area contributed by atoms with Gasteiger partial charge in [0.05, 0.1) is 6.04 Å². The van der Waals surface area contributed by atoms with Crippen molar-refractivity contribution in [3.63, 3.8) is 0 Å². The van der Waals surface area contributed by atoms with Crippen LogP contribution in [0.1, 0.15) is 24.5 Å². The molecule has 15 heavy (non-hydrogen) atoms. The maximum atomic E-state index is 5.70. The van der Waals surface area contributed by atoms with Gasteiger partial charge in [0.25, 0.3) is 0 Å². The van der Waals surface area contributed by atoms with Crippen LogP contribution in [0.5, 0.6) is 0 Å². The molecule has 0 radical (unpaired) electrons. The molecule has 5 nitrogen and oxygen atoms in total. The first-order valence-electron chi connectivity index (χ1n) is 4.58. The van der Waals surface area contributed by atoms with Gasteiger partial charge >= 0.3 is 0 Å². The number of aromatic nitrogens is 3. The summed E-state index contributed by atoms with van der Waals surface area (Å²) in [5, 5.41) is 6.49. The monoisotopic (exact) mass is 224 g/mol. The van der Waals surface area contributed by atoms with Crippen LogP contribution in [0, 0.1) is 11.7 Å². The lowest BCUT2D eigenvalue weighted by molar-refractivity contribution is 0.429. The number of nitrogens with two attached hydrogens (primary N) is 1. The first kappa shape index (κ1) is 9.97. The molecule has 0 saturated carbocycles. The molecule has 0 bridgehead atoms. The van der Waals surface area contributed by atoms with Gasteiger partial charge in [0, 0.05) is 0 Å². The highest BCUT2D eigenvalue weighted by Crippen LogP contribution is 2.22. The molecule has 3 N–H and O–H groups in total. The number of rotatable bonds is 2. The van der Waals surface area contributed by atoms with E-state index in [0.717, 1.165) is 11.5 Å². The van der Waals surface area contributed by atoms with Crippen molar-refractivity contribution in [3.8, 4) is 0 Å². The number of nitrogen functional groups attached to an aromatic ring is 1. The molecule has 0 aliphatic rings. The number of nitrogens with one attached hydrogen (secondary N) is 1. The zero-order chi connectivity index (χ0) is 11.0. The summed E-state index contributed by atoms with van der Waals surface area (Å²) in [6, 6.07) is 3.77. The van der Waals surface area contributed by atoms with Crippen molar-refractivity contribution >= 4 is 18.2 Å². The minimum Gasteiger partial charge on any atom is -0.464 e. The van der Waals surface area contributed by atoms with Gasteiger partial charge in [-0.2, -0.15) is 0 Å². The summed E-state index contributed by atoms with van der Waals surface area (Å²) < 4.78 is 7.73. The van der Waals surface area contributed by atoms with Gasteiger partial charge in [0.2, 0.25) is 5.95 Å². The molecule has 2 aromatic heterocycles. The smallest absolute Gasteiger partial charge is 0.221 e. The first-order chi connectivity index (χ1) is 7.09. The number of furan rings is 1. The molecule has 80 valence electrons. The van der Waals surface area contributed by atoms with Gasteiger partial charge in [0.1, 0.15) is 11.5 Å². The van der Waals surface area contributed by atoms with Crippen molar-refractivity contribution in [3.05, 3.63) is 28.4 Å². The molecule has 6 heteroatoms. The van der Waals surface area contributed by atoms with Crippen molar-refractivity contribution in [2.75, 3.05) is 5.73 Å². The summed E-state index contributed by atoms with van der Waals surface area (Å²) in [5.41, 5.74) is 5.70. The highest BCUT2D eigenvalue weighted by Gasteiger charge is 2.15. The summed E-state index contributed by atoms with van der Waals surface area (Å²) in [6.45, 7) is 3.86. The molecule has 2 rings (SSSR count). The average Bonchev–Trinajstić information content (AvgIpc) is 2.73. The molecule has 0 amide bonds. The third-order valence-electron chi connectivity index (χ3n) is 2.29. The fourth-order valence-corrected chi connectivity index (χ4v) is 1.79.